The highest BCUT2D eigenvalue weighted by Gasteiger charge is 2.46. The van der Waals surface area contributed by atoms with Gasteiger partial charge in [0.25, 0.3) is 0 Å². The summed E-state index contributed by atoms with van der Waals surface area (Å²) >= 11 is 0. The molecule has 3 rings (SSSR count). The first-order valence-electron chi connectivity index (χ1n) is 12.5. The maximum absolute atomic E-state index is 15.1. The van der Waals surface area contributed by atoms with Crippen molar-refractivity contribution in [3.05, 3.63) is 12.3 Å². The van der Waals surface area contributed by atoms with Crippen molar-refractivity contribution in [3.63, 3.8) is 0 Å². The van der Waals surface area contributed by atoms with E-state index in [4.69, 9.17) is 0 Å². The third-order valence-corrected chi connectivity index (χ3v) is 8.33. The van der Waals surface area contributed by atoms with Crippen molar-refractivity contribution in [2.24, 2.45) is 29.6 Å². The summed E-state index contributed by atoms with van der Waals surface area (Å²) in [4.78, 5) is 0. The van der Waals surface area contributed by atoms with Crippen LogP contribution in [0.15, 0.2) is 12.3 Å². The zero-order valence-corrected chi connectivity index (χ0v) is 19.8. The van der Waals surface area contributed by atoms with Gasteiger partial charge < -0.3 is 15.7 Å². The van der Waals surface area contributed by atoms with E-state index in [1.165, 1.54) is 51.4 Å². The normalized spacial score (nSPS) is 39.0. The Kier molecular flexibility index (Phi) is 13.2. The molecule has 4 N–H and O–H groups in total. The highest BCUT2D eigenvalue weighted by Crippen LogP contribution is 2.47. The van der Waals surface area contributed by atoms with Crippen molar-refractivity contribution in [2.75, 3.05) is 0 Å². The topological polar surface area (TPSA) is 72.2 Å². The Bertz CT molecular complexity index is 561. The van der Waals surface area contributed by atoms with Crippen LogP contribution in [-0.4, -0.2) is 35.6 Å². The van der Waals surface area contributed by atoms with Gasteiger partial charge in [-0.15, -0.1) is 0 Å². The number of alkyl halides is 3. The van der Waals surface area contributed by atoms with Gasteiger partial charge in [-0.25, -0.2) is 13.2 Å². The number of ether oxygens (including phenoxy) is 1. The van der Waals surface area contributed by atoms with E-state index in [0.717, 1.165) is 12.3 Å². The van der Waals surface area contributed by atoms with E-state index in [9.17, 15) is 17.6 Å². The van der Waals surface area contributed by atoms with Crippen LogP contribution in [0, 0.1) is 29.6 Å². The quantitative estimate of drug-likeness (QED) is 0.207. The number of halogens is 5. The highest BCUT2D eigenvalue weighted by molar-refractivity contribution is 4.96. The molecule has 3 saturated carbocycles. The second-order valence-electron chi connectivity index (χ2n) is 10.3. The zero-order valence-electron chi connectivity index (χ0n) is 19.8. The predicted octanol–water partition coefficient (Wildman–Crippen LogP) is 6.93. The van der Waals surface area contributed by atoms with Gasteiger partial charge in [0.05, 0.1) is 0 Å². The third kappa shape index (κ3) is 8.37. The van der Waals surface area contributed by atoms with E-state index in [1.807, 2.05) is 0 Å². The first-order valence-corrected chi connectivity index (χ1v) is 12.5. The van der Waals surface area contributed by atoms with Crippen LogP contribution < -0.4 is 0 Å². The minimum absolute atomic E-state index is 0. The lowest BCUT2D eigenvalue weighted by atomic mass is 9.64. The fraction of sp³-hybridized carbons (Fsp3) is 0.920. The Balaban J connectivity index is 0.00000363. The highest BCUT2D eigenvalue weighted by atomic mass is 19.3. The average molecular weight is 489 g/mol. The molecule has 5 atom stereocenters. The van der Waals surface area contributed by atoms with Crippen LogP contribution in [0.1, 0.15) is 91.8 Å². The van der Waals surface area contributed by atoms with Crippen molar-refractivity contribution in [1.82, 2.24) is 0 Å². The van der Waals surface area contributed by atoms with Crippen LogP contribution in [0.4, 0.5) is 22.0 Å². The van der Waals surface area contributed by atoms with Crippen LogP contribution in [0.3, 0.4) is 0 Å². The van der Waals surface area contributed by atoms with Gasteiger partial charge in [0.1, 0.15) is 24.8 Å². The van der Waals surface area contributed by atoms with Gasteiger partial charge in [0.15, 0.2) is 6.10 Å². The smallest absolute Gasteiger partial charge is 0.304 e. The monoisotopic (exact) mass is 488 g/mol. The average Bonchev–Trinajstić information content (AvgIpc) is 2.73. The molecule has 0 saturated heterocycles. The fourth-order valence-corrected chi connectivity index (χ4v) is 6.58. The van der Waals surface area contributed by atoms with Crippen molar-refractivity contribution in [3.8, 4) is 0 Å². The largest absolute Gasteiger partial charge is 0.486 e. The molecule has 8 heteroatoms. The molecule has 0 aromatic heterocycles. The summed E-state index contributed by atoms with van der Waals surface area (Å²) in [6, 6.07) is 0. The van der Waals surface area contributed by atoms with E-state index in [1.54, 1.807) is 0 Å². The molecule has 3 fully saturated rings. The summed E-state index contributed by atoms with van der Waals surface area (Å²) in [5.41, 5.74) is 0. The van der Waals surface area contributed by atoms with Crippen LogP contribution in [-0.2, 0) is 4.74 Å². The van der Waals surface area contributed by atoms with Crippen molar-refractivity contribution < 1.29 is 39.1 Å². The fourth-order valence-electron chi connectivity index (χ4n) is 6.58. The Morgan fingerprint density at radius 3 is 1.91 bits per heavy atom. The molecule has 0 aromatic carbocycles. The van der Waals surface area contributed by atoms with E-state index in [2.05, 4.69) is 11.7 Å². The summed E-state index contributed by atoms with van der Waals surface area (Å²) in [6.45, 7) is 2.23. The molecule has 0 spiro atoms. The van der Waals surface area contributed by atoms with E-state index in [0.29, 0.717) is 24.7 Å². The van der Waals surface area contributed by atoms with Gasteiger partial charge in [-0.05, 0) is 74.5 Å². The van der Waals surface area contributed by atoms with Crippen molar-refractivity contribution in [1.29, 1.82) is 0 Å². The third-order valence-electron chi connectivity index (χ3n) is 8.33. The van der Waals surface area contributed by atoms with Crippen LogP contribution >= 0.6 is 0 Å². The minimum Gasteiger partial charge on any atom is -0.486 e. The van der Waals surface area contributed by atoms with Gasteiger partial charge in [-0.1, -0.05) is 45.4 Å². The summed E-state index contributed by atoms with van der Waals surface area (Å²) in [7, 11) is 0. The second-order valence-corrected chi connectivity index (χ2v) is 10.3. The molecule has 3 nitrogen and oxygen atoms in total. The lowest BCUT2D eigenvalue weighted by Crippen LogP contribution is -2.45. The van der Waals surface area contributed by atoms with E-state index in [-0.39, 0.29) is 43.3 Å². The Morgan fingerprint density at radius 2 is 1.36 bits per heavy atom. The van der Waals surface area contributed by atoms with Gasteiger partial charge in [-0.2, -0.15) is 8.78 Å². The molecule has 198 valence electrons. The molecule has 0 amide bonds. The maximum Gasteiger partial charge on any atom is 0.304 e. The van der Waals surface area contributed by atoms with Gasteiger partial charge in [-0.3, -0.25) is 0 Å². The van der Waals surface area contributed by atoms with E-state index >= 15 is 4.39 Å². The summed E-state index contributed by atoms with van der Waals surface area (Å²) < 4.78 is 73.0. The van der Waals surface area contributed by atoms with Crippen LogP contribution in [0.2, 0.25) is 0 Å². The molecule has 33 heavy (non-hydrogen) atoms. The lowest BCUT2D eigenvalue weighted by Gasteiger charge is -2.44. The molecular weight excluding hydrogens is 443 g/mol. The number of hydrogen-bond donors (Lipinski definition) is 0. The molecule has 3 aliphatic rings. The first-order chi connectivity index (χ1) is 14.9. The van der Waals surface area contributed by atoms with Crippen molar-refractivity contribution >= 4 is 0 Å². The standard InChI is InChI=1S/C25H39F5O.2H2O.H2/c1-2-3-4-5-16-6-8-17(9-7-16)18-10-11-20(21(26)12-18)19-13-22(27)25(23(28)14-19)31-15-24(29)30;;;/h15-23,25H,2-14H2,1H3;2*1H2;1H. The van der Waals surface area contributed by atoms with Gasteiger partial charge in [0.2, 0.25) is 0 Å². The molecule has 0 aliphatic heterocycles. The first kappa shape index (κ1) is 30.1. The number of hydrogen-bond acceptors (Lipinski definition) is 1. The maximum atomic E-state index is 15.1. The second kappa shape index (κ2) is 14.5. The molecular formula is C25H45F5O3. The SMILES string of the molecule is CCCCCC1CCC(C2CCC(C3CC(F)C(OC=C(F)F)C(F)C3)C(F)C2)CC1.O.O.[HH]. The van der Waals surface area contributed by atoms with Crippen LogP contribution in [0.25, 0.3) is 0 Å². The number of rotatable bonds is 8. The lowest BCUT2D eigenvalue weighted by molar-refractivity contribution is -0.0692. The molecule has 0 radical (unpaired) electrons. The molecule has 5 unspecified atom stereocenters. The predicted molar refractivity (Wildman–Crippen MR) is 122 cm³/mol. The Morgan fingerprint density at radius 1 is 0.788 bits per heavy atom. The minimum atomic E-state index is -2.11. The molecule has 0 aromatic rings. The molecule has 3 aliphatic carbocycles. The van der Waals surface area contributed by atoms with Gasteiger partial charge >= 0.3 is 6.08 Å². The zero-order chi connectivity index (χ0) is 22.4. The summed E-state index contributed by atoms with van der Waals surface area (Å²) in [6.07, 6.45) is 4.33. The Labute approximate surface area is 196 Å². The number of unbranched alkanes of at least 4 members (excludes halogenated alkanes) is 2. The van der Waals surface area contributed by atoms with Crippen molar-refractivity contribution in [2.45, 2.75) is 115 Å². The summed E-state index contributed by atoms with van der Waals surface area (Å²) in [5.74, 6) is 1.11. The Hall–Kier alpha value is -0.890. The van der Waals surface area contributed by atoms with Gasteiger partial charge in [0, 0.05) is 1.43 Å². The molecule has 0 bridgehead atoms. The molecule has 0 heterocycles. The van der Waals surface area contributed by atoms with Crippen LogP contribution in [0.5, 0.6) is 0 Å². The van der Waals surface area contributed by atoms with E-state index < -0.39 is 30.7 Å². The summed E-state index contributed by atoms with van der Waals surface area (Å²) in [5, 5.41) is 0.